The number of aliphatic hydroxyl groups is 1. The second-order valence-electron chi connectivity index (χ2n) is 7.39. The van der Waals surface area contributed by atoms with Crippen molar-refractivity contribution in [2.24, 2.45) is 5.92 Å². The minimum absolute atomic E-state index is 0.00670. The van der Waals surface area contributed by atoms with Crippen molar-refractivity contribution in [3.05, 3.63) is 0 Å². The van der Waals surface area contributed by atoms with Gasteiger partial charge in [-0.05, 0) is 44.6 Å². The number of hydrogen-bond donors (Lipinski definition) is 2. The summed E-state index contributed by atoms with van der Waals surface area (Å²) >= 11 is 0. The topological polar surface area (TPSA) is 35.5 Å². The number of rotatable bonds is 7. The Morgan fingerprint density at radius 2 is 1.90 bits per heavy atom. The summed E-state index contributed by atoms with van der Waals surface area (Å²) in [4.78, 5) is 2.80. The molecule has 2 atom stereocenters. The van der Waals surface area contributed by atoms with Crippen LogP contribution in [0.1, 0.15) is 65.7 Å². The molecule has 0 aromatic carbocycles. The molecule has 0 heterocycles. The molecule has 0 amide bonds. The van der Waals surface area contributed by atoms with Gasteiger partial charge in [-0.2, -0.15) is 0 Å². The van der Waals surface area contributed by atoms with Crippen molar-refractivity contribution in [2.75, 3.05) is 19.7 Å². The molecule has 0 spiro atoms. The van der Waals surface area contributed by atoms with Gasteiger partial charge in [0.1, 0.15) is 0 Å². The quantitative estimate of drug-likeness (QED) is 0.754. The highest BCUT2D eigenvalue weighted by Crippen LogP contribution is 2.37. The van der Waals surface area contributed by atoms with E-state index in [9.17, 15) is 5.11 Å². The van der Waals surface area contributed by atoms with E-state index >= 15 is 0 Å². The summed E-state index contributed by atoms with van der Waals surface area (Å²) in [5.74, 6) is 0.735. The predicted octanol–water partition coefficient (Wildman–Crippen LogP) is 2.78. The van der Waals surface area contributed by atoms with Crippen LogP contribution in [0.2, 0.25) is 0 Å². The fourth-order valence-electron chi connectivity index (χ4n) is 4.37. The molecule has 0 aliphatic heterocycles. The molecule has 2 saturated carbocycles. The van der Waals surface area contributed by atoms with E-state index in [1.165, 1.54) is 38.6 Å². The van der Waals surface area contributed by atoms with E-state index in [2.05, 4.69) is 31.0 Å². The molecule has 2 aliphatic rings. The molecule has 0 aromatic rings. The summed E-state index contributed by atoms with van der Waals surface area (Å²) in [7, 11) is 0. The number of nitrogens with zero attached hydrogens (tertiary/aromatic N) is 1. The summed E-state index contributed by atoms with van der Waals surface area (Å²) in [6.07, 6.45) is 9.09. The lowest BCUT2D eigenvalue weighted by molar-refractivity contribution is 0.103. The standard InChI is InChI=1S/C17H34N2O/c1-4-18-17(13-20)10-9-16(11-17)19(12-14(2)3)15-7-5-6-8-15/h14-16,18,20H,4-13H2,1-3H3. The number of nitrogens with one attached hydrogen (secondary N) is 1. The molecule has 3 heteroatoms. The Bertz CT molecular complexity index is 289. The van der Waals surface area contributed by atoms with E-state index < -0.39 is 0 Å². The first-order valence-corrected chi connectivity index (χ1v) is 8.72. The molecule has 20 heavy (non-hydrogen) atoms. The van der Waals surface area contributed by atoms with Gasteiger partial charge in [0.25, 0.3) is 0 Å². The number of likely N-dealkylation sites (N-methyl/N-ethyl adjacent to an activating group) is 1. The summed E-state index contributed by atoms with van der Waals surface area (Å²) in [5.41, 5.74) is -0.00670. The van der Waals surface area contributed by atoms with Crippen LogP contribution >= 0.6 is 0 Å². The second-order valence-corrected chi connectivity index (χ2v) is 7.39. The molecular formula is C17H34N2O. The van der Waals surface area contributed by atoms with Crippen molar-refractivity contribution >= 4 is 0 Å². The van der Waals surface area contributed by atoms with E-state index in [-0.39, 0.29) is 12.1 Å². The highest BCUT2D eigenvalue weighted by molar-refractivity contribution is 5.00. The van der Waals surface area contributed by atoms with Gasteiger partial charge in [-0.1, -0.05) is 33.6 Å². The zero-order valence-corrected chi connectivity index (χ0v) is 13.7. The molecule has 0 aromatic heterocycles. The van der Waals surface area contributed by atoms with Gasteiger partial charge in [0.2, 0.25) is 0 Å². The number of aliphatic hydroxyl groups excluding tert-OH is 1. The third kappa shape index (κ3) is 3.75. The minimum atomic E-state index is -0.00670. The molecule has 2 fully saturated rings. The Labute approximate surface area is 125 Å². The lowest BCUT2D eigenvalue weighted by Crippen LogP contribution is -2.49. The Hall–Kier alpha value is -0.120. The Balaban J connectivity index is 2.02. The molecule has 2 N–H and O–H groups in total. The third-order valence-electron chi connectivity index (χ3n) is 5.28. The largest absolute Gasteiger partial charge is 0.394 e. The van der Waals surface area contributed by atoms with Gasteiger partial charge in [-0.3, -0.25) is 4.90 Å². The van der Waals surface area contributed by atoms with Crippen LogP contribution in [0.5, 0.6) is 0 Å². The van der Waals surface area contributed by atoms with Crippen LogP contribution in [0.15, 0.2) is 0 Å². The van der Waals surface area contributed by atoms with Gasteiger partial charge in [0.15, 0.2) is 0 Å². The maximum Gasteiger partial charge on any atom is 0.0613 e. The van der Waals surface area contributed by atoms with Crippen LogP contribution < -0.4 is 5.32 Å². The van der Waals surface area contributed by atoms with Crippen LogP contribution in [0.25, 0.3) is 0 Å². The van der Waals surface area contributed by atoms with Gasteiger partial charge in [-0.25, -0.2) is 0 Å². The van der Waals surface area contributed by atoms with Crippen molar-refractivity contribution < 1.29 is 5.11 Å². The van der Waals surface area contributed by atoms with Gasteiger partial charge >= 0.3 is 0 Å². The lowest BCUT2D eigenvalue weighted by atomic mass is 9.97. The monoisotopic (exact) mass is 282 g/mol. The Morgan fingerprint density at radius 1 is 1.20 bits per heavy atom. The van der Waals surface area contributed by atoms with E-state index in [1.807, 2.05) is 0 Å². The highest BCUT2D eigenvalue weighted by atomic mass is 16.3. The van der Waals surface area contributed by atoms with Gasteiger partial charge in [0.05, 0.1) is 6.61 Å². The molecule has 0 saturated heterocycles. The first-order chi connectivity index (χ1) is 9.60. The SMILES string of the molecule is CCNC1(CO)CCC(N(CC(C)C)C2CCCC2)C1. The molecule has 2 unspecified atom stereocenters. The molecule has 0 radical (unpaired) electrons. The fraction of sp³-hybridized carbons (Fsp3) is 1.00. The maximum atomic E-state index is 9.81. The van der Waals surface area contributed by atoms with E-state index in [0.717, 1.165) is 31.3 Å². The predicted molar refractivity (Wildman–Crippen MR) is 84.9 cm³/mol. The normalized spacial score (nSPS) is 31.8. The lowest BCUT2D eigenvalue weighted by Gasteiger charge is -2.37. The first-order valence-electron chi connectivity index (χ1n) is 8.72. The van der Waals surface area contributed by atoms with E-state index in [0.29, 0.717) is 6.04 Å². The van der Waals surface area contributed by atoms with Crippen LogP contribution in [0.4, 0.5) is 0 Å². The van der Waals surface area contributed by atoms with Crippen LogP contribution in [0, 0.1) is 5.92 Å². The van der Waals surface area contributed by atoms with Crippen LogP contribution in [-0.2, 0) is 0 Å². The van der Waals surface area contributed by atoms with E-state index in [4.69, 9.17) is 0 Å². The Morgan fingerprint density at radius 3 is 2.45 bits per heavy atom. The molecular weight excluding hydrogens is 248 g/mol. The minimum Gasteiger partial charge on any atom is -0.394 e. The van der Waals surface area contributed by atoms with Gasteiger partial charge < -0.3 is 10.4 Å². The Kier molecular flexibility index (Phi) is 5.88. The van der Waals surface area contributed by atoms with Crippen LogP contribution in [0.3, 0.4) is 0 Å². The molecule has 2 aliphatic carbocycles. The second kappa shape index (κ2) is 7.24. The van der Waals surface area contributed by atoms with Gasteiger partial charge in [-0.15, -0.1) is 0 Å². The van der Waals surface area contributed by atoms with Crippen LogP contribution in [-0.4, -0.2) is 47.3 Å². The fourth-order valence-corrected chi connectivity index (χ4v) is 4.37. The maximum absolute atomic E-state index is 9.81. The third-order valence-corrected chi connectivity index (χ3v) is 5.28. The van der Waals surface area contributed by atoms with Crippen molar-refractivity contribution in [2.45, 2.75) is 83.3 Å². The van der Waals surface area contributed by atoms with Gasteiger partial charge in [0, 0.05) is 24.2 Å². The summed E-state index contributed by atoms with van der Waals surface area (Å²) in [6.45, 7) is 9.29. The van der Waals surface area contributed by atoms with Crippen molar-refractivity contribution in [3.8, 4) is 0 Å². The summed E-state index contributed by atoms with van der Waals surface area (Å²) in [5, 5.41) is 13.4. The first kappa shape index (κ1) is 16.3. The molecule has 3 nitrogen and oxygen atoms in total. The summed E-state index contributed by atoms with van der Waals surface area (Å²) in [6, 6.07) is 1.48. The van der Waals surface area contributed by atoms with Crippen molar-refractivity contribution in [1.29, 1.82) is 0 Å². The van der Waals surface area contributed by atoms with E-state index in [1.54, 1.807) is 0 Å². The zero-order chi connectivity index (χ0) is 14.6. The average molecular weight is 282 g/mol. The average Bonchev–Trinajstić information content (AvgIpc) is 3.06. The summed E-state index contributed by atoms with van der Waals surface area (Å²) < 4.78 is 0. The van der Waals surface area contributed by atoms with Crippen molar-refractivity contribution in [1.82, 2.24) is 10.2 Å². The highest BCUT2D eigenvalue weighted by Gasteiger charge is 2.42. The van der Waals surface area contributed by atoms with Crippen molar-refractivity contribution in [3.63, 3.8) is 0 Å². The molecule has 2 rings (SSSR count). The molecule has 118 valence electrons. The number of hydrogen-bond acceptors (Lipinski definition) is 3. The molecule has 0 bridgehead atoms. The zero-order valence-electron chi connectivity index (χ0n) is 13.7. The smallest absolute Gasteiger partial charge is 0.0613 e.